The highest BCUT2D eigenvalue weighted by molar-refractivity contribution is 7.13. The van der Waals surface area contributed by atoms with E-state index < -0.39 is 0 Å². The Morgan fingerprint density at radius 2 is 2.29 bits per heavy atom. The Kier molecular flexibility index (Phi) is 2.79. The number of hydrogen-bond acceptors (Lipinski definition) is 5. The van der Waals surface area contributed by atoms with Crippen LogP contribution in [0.25, 0.3) is 0 Å². The number of rotatable bonds is 1. The molecular weight excluding hydrogens is 200 g/mol. The maximum Gasteiger partial charge on any atom is 0.367 e. The first-order valence-corrected chi connectivity index (χ1v) is 5.40. The molecule has 0 aromatic carbocycles. The molecule has 14 heavy (non-hydrogen) atoms. The Bertz CT molecular complexity index is 325. The fourth-order valence-electron chi connectivity index (χ4n) is 1.48. The maximum atomic E-state index is 11.2. The second-order valence-corrected chi connectivity index (χ2v) is 4.21. The Morgan fingerprint density at radius 3 is 3.07 bits per heavy atom. The zero-order valence-corrected chi connectivity index (χ0v) is 8.82. The second-order valence-electron chi connectivity index (χ2n) is 3.13. The van der Waals surface area contributed by atoms with Gasteiger partial charge in [0, 0.05) is 24.4 Å². The summed E-state index contributed by atoms with van der Waals surface area (Å²) < 4.78 is 4.64. The fraction of sp³-hybridized carbons (Fsp3) is 0.556. The summed E-state index contributed by atoms with van der Waals surface area (Å²) in [6, 6.07) is 0. The van der Waals surface area contributed by atoms with E-state index in [2.05, 4.69) is 15.0 Å². The average molecular weight is 212 g/mol. The van der Waals surface area contributed by atoms with Gasteiger partial charge in [0.15, 0.2) is 0 Å². The molecule has 0 fully saturated rings. The van der Waals surface area contributed by atoms with Gasteiger partial charge in [-0.2, -0.15) is 0 Å². The smallest absolute Gasteiger partial charge is 0.367 e. The molecule has 1 aliphatic heterocycles. The Labute approximate surface area is 86.3 Å². The second kappa shape index (κ2) is 4.06. The number of ether oxygens (including phenoxy) is 1. The van der Waals surface area contributed by atoms with Gasteiger partial charge in [0.05, 0.1) is 12.8 Å². The molecule has 1 N–H and O–H groups in total. The fourth-order valence-corrected chi connectivity index (χ4v) is 2.51. The summed E-state index contributed by atoms with van der Waals surface area (Å²) in [6.45, 7) is 1.91. The third-order valence-electron chi connectivity index (χ3n) is 2.21. The minimum absolute atomic E-state index is 0.323. The molecule has 76 valence electrons. The summed E-state index contributed by atoms with van der Waals surface area (Å²) >= 11 is 1.46. The molecule has 0 radical (unpaired) electrons. The van der Waals surface area contributed by atoms with Gasteiger partial charge in [0.2, 0.25) is 5.01 Å². The zero-order valence-electron chi connectivity index (χ0n) is 8.00. The van der Waals surface area contributed by atoms with Gasteiger partial charge in [0.25, 0.3) is 0 Å². The molecule has 1 aromatic heterocycles. The van der Waals surface area contributed by atoms with Crippen LogP contribution in [0.2, 0.25) is 0 Å². The van der Waals surface area contributed by atoms with Crippen LogP contribution in [0.5, 0.6) is 0 Å². The number of fused-ring (bicyclic) bond motifs is 1. The number of nitrogens with one attached hydrogen (secondary N) is 1. The molecule has 0 aliphatic carbocycles. The van der Waals surface area contributed by atoms with Crippen LogP contribution in [0.3, 0.4) is 0 Å². The number of esters is 1. The molecule has 1 aliphatic rings. The normalized spacial score (nSPS) is 15.8. The average Bonchev–Trinajstić information content (AvgIpc) is 2.49. The molecule has 5 heteroatoms. The van der Waals surface area contributed by atoms with Crippen LogP contribution < -0.4 is 5.32 Å². The number of carbonyl (C=O) groups excluding carboxylic acids is 1. The molecule has 2 heterocycles. The van der Waals surface area contributed by atoms with Gasteiger partial charge in [-0.3, -0.25) is 0 Å². The van der Waals surface area contributed by atoms with Crippen molar-refractivity contribution in [2.24, 2.45) is 0 Å². The number of hydrogen-bond donors (Lipinski definition) is 1. The lowest BCUT2D eigenvalue weighted by Gasteiger charge is -1.95. The first kappa shape index (κ1) is 9.61. The van der Waals surface area contributed by atoms with E-state index in [1.807, 2.05) is 0 Å². The minimum Gasteiger partial charge on any atom is -0.464 e. The third kappa shape index (κ3) is 1.78. The van der Waals surface area contributed by atoms with Crippen molar-refractivity contribution in [2.75, 3.05) is 20.2 Å². The van der Waals surface area contributed by atoms with Gasteiger partial charge in [0.1, 0.15) is 0 Å². The highest BCUT2D eigenvalue weighted by Crippen LogP contribution is 2.21. The molecule has 0 bridgehead atoms. The van der Waals surface area contributed by atoms with Gasteiger partial charge in [-0.05, 0) is 6.42 Å². The maximum absolute atomic E-state index is 11.2. The number of nitrogens with zero attached hydrogens (tertiary/aromatic N) is 1. The van der Waals surface area contributed by atoms with E-state index in [1.54, 1.807) is 0 Å². The lowest BCUT2D eigenvalue weighted by atomic mass is 10.2. The Balaban J connectivity index is 2.26. The van der Waals surface area contributed by atoms with Crippen molar-refractivity contribution in [3.63, 3.8) is 0 Å². The van der Waals surface area contributed by atoms with Crippen molar-refractivity contribution in [3.8, 4) is 0 Å². The summed E-state index contributed by atoms with van der Waals surface area (Å²) in [6.07, 6.45) is 1.87. The van der Waals surface area contributed by atoms with E-state index in [4.69, 9.17) is 0 Å². The lowest BCUT2D eigenvalue weighted by molar-refractivity contribution is 0.0600. The van der Waals surface area contributed by atoms with Gasteiger partial charge in [-0.1, -0.05) is 0 Å². The number of thiazole rings is 1. The number of carbonyl (C=O) groups is 1. The first-order chi connectivity index (χ1) is 6.81. The summed E-state index contributed by atoms with van der Waals surface area (Å²) in [5.41, 5.74) is 1.06. The summed E-state index contributed by atoms with van der Waals surface area (Å²) in [4.78, 5) is 16.7. The van der Waals surface area contributed by atoms with Crippen molar-refractivity contribution >= 4 is 17.3 Å². The van der Waals surface area contributed by atoms with Crippen LogP contribution in [0, 0.1) is 0 Å². The SMILES string of the molecule is COC(=O)c1nc2c(s1)CCNCC2. The Hall–Kier alpha value is -0.940. The molecule has 4 nitrogen and oxygen atoms in total. The van der Waals surface area contributed by atoms with Crippen molar-refractivity contribution in [3.05, 3.63) is 15.6 Å². The zero-order chi connectivity index (χ0) is 9.97. The highest BCUT2D eigenvalue weighted by atomic mass is 32.1. The monoisotopic (exact) mass is 212 g/mol. The standard InChI is InChI=1S/C9H12N2O2S/c1-13-9(12)8-11-6-2-4-10-5-3-7(6)14-8/h10H,2-5H2,1H3. The molecule has 0 saturated carbocycles. The third-order valence-corrected chi connectivity index (χ3v) is 3.34. The highest BCUT2D eigenvalue weighted by Gasteiger charge is 2.17. The molecule has 0 spiro atoms. The molecule has 0 amide bonds. The molecule has 1 aromatic rings. The van der Waals surface area contributed by atoms with Crippen molar-refractivity contribution < 1.29 is 9.53 Å². The van der Waals surface area contributed by atoms with Gasteiger partial charge < -0.3 is 10.1 Å². The summed E-state index contributed by atoms with van der Waals surface area (Å²) in [7, 11) is 1.39. The minimum atomic E-state index is -0.323. The van der Waals surface area contributed by atoms with Crippen LogP contribution >= 0.6 is 11.3 Å². The van der Waals surface area contributed by atoms with Crippen molar-refractivity contribution in [2.45, 2.75) is 12.8 Å². The predicted octanol–water partition coefficient (Wildman–Crippen LogP) is 0.618. The van der Waals surface area contributed by atoms with Gasteiger partial charge in [-0.15, -0.1) is 11.3 Å². The summed E-state index contributed by atoms with van der Waals surface area (Å²) in [5, 5.41) is 3.78. The van der Waals surface area contributed by atoms with Gasteiger partial charge in [-0.25, -0.2) is 9.78 Å². The topological polar surface area (TPSA) is 51.2 Å². The largest absolute Gasteiger partial charge is 0.464 e. The van der Waals surface area contributed by atoms with Crippen LogP contribution in [0.1, 0.15) is 20.4 Å². The van der Waals surface area contributed by atoms with E-state index in [-0.39, 0.29) is 5.97 Å². The molecular formula is C9H12N2O2S. The predicted molar refractivity (Wildman–Crippen MR) is 53.7 cm³/mol. The molecule has 0 unspecified atom stereocenters. The molecule has 2 rings (SSSR count). The van der Waals surface area contributed by atoms with Crippen LogP contribution in [0.4, 0.5) is 0 Å². The first-order valence-electron chi connectivity index (χ1n) is 4.59. The quantitative estimate of drug-likeness (QED) is 0.693. The molecule has 0 saturated heterocycles. The number of methoxy groups -OCH3 is 1. The van der Waals surface area contributed by atoms with Crippen LogP contribution in [-0.2, 0) is 17.6 Å². The molecule has 0 atom stereocenters. The van der Waals surface area contributed by atoms with E-state index >= 15 is 0 Å². The Morgan fingerprint density at radius 1 is 1.50 bits per heavy atom. The number of aromatic nitrogens is 1. The van der Waals surface area contributed by atoms with Crippen LogP contribution in [0.15, 0.2) is 0 Å². The van der Waals surface area contributed by atoms with E-state index in [9.17, 15) is 4.79 Å². The van der Waals surface area contributed by atoms with E-state index in [1.165, 1.54) is 23.3 Å². The van der Waals surface area contributed by atoms with Crippen molar-refractivity contribution in [1.29, 1.82) is 0 Å². The van der Waals surface area contributed by atoms with E-state index in [0.29, 0.717) is 5.01 Å². The summed E-state index contributed by atoms with van der Waals surface area (Å²) in [5.74, 6) is -0.323. The van der Waals surface area contributed by atoms with Crippen molar-refractivity contribution in [1.82, 2.24) is 10.3 Å². The lowest BCUT2D eigenvalue weighted by Crippen LogP contribution is -2.16. The van der Waals surface area contributed by atoms with Crippen LogP contribution in [-0.4, -0.2) is 31.2 Å². The van der Waals surface area contributed by atoms with E-state index in [0.717, 1.165) is 31.6 Å². The van der Waals surface area contributed by atoms with Gasteiger partial charge >= 0.3 is 5.97 Å².